The van der Waals surface area contributed by atoms with Crippen LogP contribution in [0.5, 0.6) is 5.75 Å². The fraction of sp³-hybridized carbons (Fsp3) is 0.308. The lowest BCUT2D eigenvalue weighted by molar-refractivity contribution is -0.126. The number of rotatable bonds is 7. The Hall–Kier alpha value is -4.14. The van der Waals surface area contributed by atoms with Gasteiger partial charge in [0.1, 0.15) is 17.0 Å². The Balaban J connectivity index is 1.78. The SMILES string of the molecule is CCc1ccccc1N1C(=O)c2c(C(=O)OC)ncn2CC1(C)C(=O)NCc1ccccc1OC. The Labute approximate surface area is 203 Å². The molecule has 2 aromatic carbocycles. The van der Waals surface area contributed by atoms with Gasteiger partial charge in [0.05, 0.1) is 27.1 Å². The number of amides is 2. The molecule has 0 fully saturated rings. The molecule has 1 aromatic heterocycles. The molecular weight excluding hydrogens is 448 g/mol. The zero-order valence-electron chi connectivity index (χ0n) is 20.2. The summed E-state index contributed by atoms with van der Waals surface area (Å²) in [6.07, 6.45) is 2.05. The van der Waals surface area contributed by atoms with Crippen LogP contribution in [0.1, 0.15) is 46.0 Å². The Kier molecular flexibility index (Phi) is 6.59. The van der Waals surface area contributed by atoms with E-state index in [0.29, 0.717) is 17.9 Å². The smallest absolute Gasteiger partial charge is 0.359 e. The number of fused-ring (bicyclic) bond motifs is 1. The first-order chi connectivity index (χ1) is 16.8. The maximum absolute atomic E-state index is 13.9. The van der Waals surface area contributed by atoms with E-state index < -0.39 is 17.4 Å². The van der Waals surface area contributed by atoms with Crippen molar-refractivity contribution in [1.82, 2.24) is 14.9 Å². The third-order valence-corrected chi connectivity index (χ3v) is 6.33. The number of ether oxygens (including phenoxy) is 2. The highest BCUT2D eigenvalue weighted by molar-refractivity contribution is 6.15. The summed E-state index contributed by atoms with van der Waals surface area (Å²) in [6, 6.07) is 14.9. The van der Waals surface area contributed by atoms with Crippen molar-refractivity contribution in [2.24, 2.45) is 0 Å². The second kappa shape index (κ2) is 9.61. The zero-order chi connectivity index (χ0) is 25.2. The number of hydrogen-bond donors (Lipinski definition) is 1. The molecule has 1 unspecified atom stereocenters. The topological polar surface area (TPSA) is 103 Å². The molecule has 1 aliphatic heterocycles. The number of esters is 1. The lowest BCUT2D eigenvalue weighted by atomic mass is 9.92. The van der Waals surface area contributed by atoms with Crippen molar-refractivity contribution in [1.29, 1.82) is 0 Å². The van der Waals surface area contributed by atoms with E-state index in [1.54, 1.807) is 18.6 Å². The van der Waals surface area contributed by atoms with Gasteiger partial charge in [-0.3, -0.25) is 14.5 Å². The summed E-state index contributed by atoms with van der Waals surface area (Å²) in [4.78, 5) is 45.6. The number of imidazole rings is 1. The van der Waals surface area contributed by atoms with Crippen LogP contribution in [0.25, 0.3) is 0 Å². The van der Waals surface area contributed by atoms with Gasteiger partial charge in [-0.1, -0.05) is 43.3 Å². The van der Waals surface area contributed by atoms with E-state index in [9.17, 15) is 14.4 Å². The molecule has 9 nitrogen and oxygen atoms in total. The molecule has 2 heterocycles. The molecule has 4 rings (SSSR count). The average Bonchev–Trinajstić information content (AvgIpc) is 3.30. The molecule has 182 valence electrons. The van der Waals surface area contributed by atoms with Gasteiger partial charge in [0.25, 0.3) is 5.91 Å². The van der Waals surface area contributed by atoms with Crippen LogP contribution in [0.3, 0.4) is 0 Å². The lowest BCUT2D eigenvalue weighted by Gasteiger charge is -2.44. The zero-order valence-corrected chi connectivity index (χ0v) is 20.2. The monoisotopic (exact) mass is 476 g/mol. The maximum Gasteiger partial charge on any atom is 0.359 e. The van der Waals surface area contributed by atoms with Crippen LogP contribution in [0.15, 0.2) is 54.9 Å². The normalized spacial score (nSPS) is 17.0. The Bertz CT molecular complexity index is 1280. The standard InChI is InChI=1S/C26H28N4O5/c1-5-17-10-6-8-12-19(17)30-23(31)22-21(24(32)35-4)28-16-29(22)15-26(30,2)25(33)27-14-18-11-7-9-13-20(18)34-3/h6-13,16H,5,14-15H2,1-4H3,(H,27,33). The molecule has 1 aliphatic rings. The highest BCUT2D eigenvalue weighted by Crippen LogP contribution is 2.36. The van der Waals surface area contributed by atoms with Gasteiger partial charge < -0.3 is 19.4 Å². The number of carbonyl (C=O) groups excluding carboxylic acids is 3. The minimum Gasteiger partial charge on any atom is -0.496 e. The van der Waals surface area contributed by atoms with Crippen LogP contribution in [0.2, 0.25) is 0 Å². The maximum atomic E-state index is 13.9. The van der Waals surface area contributed by atoms with Gasteiger partial charge in [-0.15, -0.1) is 0 Å². The third-order valence-electron chi connectivity index (χ3n) is 6.33. The number of aromatic nitrogens is 2. The number of methoxy groups -OCH3 is 2. The highest BCUT2D eigenvalue weighted by atomic mass is 16.5. The summed E-state index contributed by atoms with van der Waals surface area (Å²) in [7, 11) is 2.81. The molecule has 3 aromatic rings. The number of anilines is 1. The molecule has 2 amide bonds. The Morgan fingerprint density at radius 3 is 2.46 bits per heavy atom. The van der Waals surface area contributed by atoms with Crippen molar-refractivity contribution >= 4 is 23.5 Å². The van der Waals surface area contributed by atoms with Crippen molar-refractivity contribution < 1.29 is 23.9 Å². The summed E-state index contributed by atoms with van der Waals surface area (Å²) in [6.45, 7) is 4.03. The van der Waals surface area contributed by atoms with E-state index in [4.69, 9.17) is 9.47 Å². The molecule has 0 bridgehead atoms. The van der Waals surface area contributed by atoms with E-state index in [-0.39, 0.29) is 30.4 Å². The molecule has 9 heteroatoms. The fourth-order valence-electron chi connectivity index (χ4n) is 4.50. The van der Waals surface area contributed by atoms with E-state index in [1.807, 2.05) is 55.5 Å². The minimum absolute atomic E-state index is 0.0760. The van der Waals surface area contributed by atoms with Gasteiger partial charge in [0.2, 0.25) is 5.91 Å². The number of nitrogens with zero attached hydrogens (tertiary/aromatic N) is 3. The first-order valence-electron chi connectivity index (χ1n) is 11.3. The van der Waals surface area contributed by atoms with Crippen LogP contribution < -0.4 is 15.0 Å². The van der Waals surface area contributed by atoms with Crippen LogP contribution in [0, 0.1) is 0 Å². The van der Waals surface area contributed by atoms with Crippen molar-refractivity contribution in [3.8, 4) is 5.75 Å². The first kappa shape index (κ1) is 24.0. The molecule has 35 heavy (non-hydrogen) atoms. The number of aryl methyl sites for hydroxylation is 1. The van der Waals surface area contributed by atoms with Crippen molar-refractivity contribution in [3.05, 3.63) is 77.4 Å². The van der Waals surface area contributed by atoms with Gasteiger partial charge in [-0.05, 0) is 31.0 Å². The molecule has 0 saturated carbocycles. The Morgan fingerprint density at radius 1 is 1.09 bits per heavy atom. The second-order valence-electron chi connectivity index (χ2n) is 8.45. The van der Waals surface area contributed by atoms with E-state index in [0.717, 1.165) is 11.1 Å². The van der Waals surface area contributed by atoms with Gasteiger partial charge >= 0.3 is 5.97 Å². The number of carbonyl (C=O) groups is 3. The van der Waals surface area contributed by atoms with Crippen LogP contribution in [-0.4, -0.2) is 47.1 Å². The van der Waals surface area contributed by atoms with Crippen molar-refractivity contribution in [2.45, 2.75) is 38.9 Å². The van der Waals surface area contributed by atoms with E-state index in [2.05, 4.69) is 10.3 Å². The summed E-state index contributed by atoms with van der Waals surface area (Å²) >= 11 is 0. The largest absolute Gasteiger partial charge is 0.496 e. The van der Waals surface area contributed by atoms with Crippen molar-refractivity contribution in [2.75, 3.05) is 19.1 Å². The van der Waals surface area contributed by atoms with Gasteiger partial charge in [0, 0.05) is 17.8 Å². The molecule has 1 N–H and O–H groups in total. The van der Waals surface area contributed by atoms with Crippen LogP contribution >= 0.6 is 0 Å². The number of para-hydroxylation sites is 2. The third kappa shape index (κ3) is 4.14. The molecule has 0 saturated heterocycles. The molecule has 0 spiro atoms. The van der Waals surface area contributed by atoms with Gasteiger partial charge in [0.15, 0.2) is 5.69 Å². The number of hydrogen-bond acceptors (Lipinski definition) is 6. The number of benzene rings is 2. The second-order valence-corrected chi connectivity index (χ2v) is 8.45. The lowest BCUT2D eigenvalue weighted by Crippen LogP contribution is -2.64. The van der Waals surface area contributed by atoms with Crippen molar-refractivity contribution in [3.63, 3.8) is 0 Å². The summed E-state index contributed by atoms with van der Waals surface area (Å²) in [5, 5.41) is 2.98. The van der Waals surface area contributed by atoms with Gasteiger partial charge in [-0.2, -0.15) is 0 Å². The predicted octanol–water partition coefficient (Wildman–Crippen LogP) is 2.98. The van der Waals surface area contributed by atoms with E-state index in [1.165, 1.54) is 18.3 Å². The first-order valence-corrected chi connectivity index (χ1v) is 11.3. The summed E-state index contributed by atoms with van der Waals surface area (Å²) < 4.78 is 11.8. The predicted molar refractivity (Wildman–Crippen MR) is 129 cm³/mol. The molecule has 1 atom stereocenters. The average molecular weight is 477 g/mol. The van der Waals surface area contributed by atoms with Crippen LogP contribution in [-0.2, 0) is 29.0 Å². The quantitative estimate of drug-likeness (QED) is 0.526. The van der Waals surface area contributed by atoms with Crippen LogP contribution in [0.4, 0.5) is 5.69 Å². The van der Waals surface area contributed by atoms with E-state index >= 15 is 0 Å². The summed E-state index contributed by atoms with van der Waals surface area (Å²) in [5.41, 5.74) is 1.04. The molecular formula is C26H28N4O5. The number of nitrogens with one attached hydrogen (secondary N) is 1. The molecule has 0 aliphatic carbocycles. The molecule has 0 radical (unpaired) electrons. The summed E-state index contributed by atoms with van der Waals surface area (Å²) in [5.74, 6) is -0.892. The Morgan fingerprint density at radius 2 is 1.77 bits per heavy atom. The fourth-order valence-corrected chi connectivity index (χ4v) is 4.50. The van der Waals surface area contributed by atoms with Gasteiger partial charge in [-0.25, -0.2) is 9.78 Å². The highest BCUT2D eigenvalue weighted by Gasteiger charge is 2.50. The minimum atomic E-state index is -1.30.